The third kappa shape index (κ3) is 8.17. The molecule has 2 aromatic carbocycles. The van der Waals surface area contributed by atoms with Gasteiger partial charge in [0.05, 0.1) is 19.8 Å². The van der Waals surface area contributed by atoms with E-state index in [1.165, 1.54) is 23.4 Å². The molecular formula is C23H32FIN4O2. The van der Waals surface area contributed by atoms with E-state index in [0.29, 0.717) is 24.8 Å². The van der Waals surface area contributed by atoms with Crippen LogP contribution in [0, 0.1) is 5.82 Å². The van der Waals surface area contributed by atoms with Crippen LogP contribution in [0.1, 0.15) is 18.9 Å². The molecule has 1 aliphatic rings. The van der Waals surface area contributed by atoms with E-state index in [0.717, 1.165) is 32.7 Å². The highest BCUT2D eigenvalue weighted by molar-refractivity contribution is 14.0. The largest absolute Gasteiger partial charge is 0.489 e. The lowest BCUT2D eigenvalue weighted by atomic mass is 10.2. The van der Waals surface area contributed by atoms with Crippen LogP contribution in [0.15, 0.2) is 53.5 Å². The molecular weight excluding hydrogens is 510 g/mol. The first-order chi connectivity index (χ1) is 14.7. The Morgan fingerprint density at radius 1 is 1.16 bits per heavy atom. The van der Waals surface area contributed by atoms with E-state index in [2.05, 4.69) is 44.8 Å². The zero-order chi connectivity index (χ0) is 21.2. The van der Waals surface area contributed by atoms with Gasteiger partial charge in [0.15, 0.2) is 5.96 Å². The molecule has 0 amide bonds. The van der Waals surface area contributed by atoms with Crippen molar-refractivity contribution in [2.75, 3.05) is 44.8 Å². The van der Waals surface area contributed by atoms with Crippen molar-refractivity contribution in [3.05, 3.63) is 59.9 Å². The summed E-state index contributed by atoms with van der Waals surface area (Å²) in [4.78, 5) is 6.62. The summed E-state index contributed by atoms with van der Waals surface area (Å²) >= 11 is 0. The average Bonchev–Trinajstić information content (AvgIpc) is 2.79. The summed E-state index contributed by atoms with van der Waals surface area (Å²) in [7, 11) is 1.74. The van der Waals surface area contributed by atoms with Crippen molar-refractivity contribution in [3.63, 3.8) is 0 Å². The number of guanidine groups is 1. The first-order valence-electron chi connectivity index (χ1n) is 10.5. The predicted octanol–water partition coefficient (Wildman–Crippen LogP) is 3.80. The third-order valence-corrected chi connectivity index (χ3v) is 5.05. The highest BCUT2D eigenvalue weighted by Gasteiger charge is 2.12. The Labute approximate surface area is 201 Å². The molecule has 0 bridgehead atoms. The van der Waals surface area contributed by atoms with Crippen LogP contribution in [0.4, 0.5) is 10.1 Å². The van der Waals surface area contributed by atoms with Gasteiger partial charge in [-0.3, -0.25) is 4.99 Å². The van der Waals surface area contributed by atoms with E-state index < -0.39 is 0 Å². The van der Waals surface area contributed by atoms with Crippen LogP contribution in [0.2, 0.25) is 0 Å². The van der Waals surface area contributed by atoms with Crippen LogP contribution in [0.25, 0.3) is 0 Å². The summed E-state index contributed by atoms with van der Waals surface area (Å²) in [6.45, 7) is 6.72. The molecule has 1 heterocycles. The number of ether oxygens (including phenoxy) is 2. The zero-order valence-electron chi connectivity index (χ0n) is 18.1. The first kappa shape index (κ1) is 25.2. The van der Waals surface area contributed by atoms with Crippen molar-refractivity contribution < 1.29 is 13.9 Å². The number of morpholine rings is 1. The quantitative estimate of drug-likeness (QED) is 0.302. The molecule has 1 aliphatic heterocycles. The minimum atomic E-state index is -0.299. The number of halogens is 2. The Balaban J connectivity index is 0.00000341. The van der Waals surface area contributed by atoms with Crippen molar-refractivity contribution in [3.8, 4) is 5.75 Å². The SMILES string of the molecule is CCC(CNC(=NC)NCc1ccc(N2CCOCC2)cc1)Oc1cccc(F)c1.I. The fourth-order valence-electron chi connectivity index (χ4n) is 3.27. The molecule has 0 spiro atoms. The van der Waals surface area contributed by atoms with Crippen molar-refractivity contribution >= 4 is 35.6 Å². The van der Waals surface area contributed by atoms with Gasteiger partial charge in [-0.2, -0.15) is 0 Å². The maximum atomic E-state index is 13.3. The summed E-state index contributed by atoms with van der Waals surface area (Å²) in [6, 6.07) is 14.8. The van der Waals surface area contributed by atoms with Crippen LogP contribution < -0.4 is 20.3 Å². The Morgan fingerprint density at radius 3 is 2.55 bits per heavy atom. The maximum Gasteiger partial charge on any atom is 0.191 e. The van der Waals surface area contributed by atoms with E-state index >= 15 is 0 Å². The van der Waals surface area contributed by atoms with Gasteiger partial charge in [-0.1, -0.05) is 25.1 Å². The molecule has 0 saturated carbocycles. The Bertz CT molecular complexity index is 813. The van der Waals surface area contributed by atoms with Gasteiger partial charge in [-0.15, -0.1) is 24.0 Å². The summed E-state index contributed by atoms with van der Waals surface area (Å²) in [6.07, 6.45) is 0.710. The number of hydrogen-bond acceptors (Lipinski definition) is 4. The molecule has 1 unspecified atom stereocenters. The molecule has 0 aliphatic carbocycles. The van der Waals surface area contributed by atoms with Gasteiger partial charge < -0.3 is 25.0 Å². The number of nitrogens with one attached hydrogen (secondary N) is 2. The van der Waals surface area contributed by atoms with Crippen molar-refractivity contribution in [2.24, 2.45) is 4.99 Å². The van der Waals surface area contributed by atoms with Gasteiger partial charge in [-0.05, 0) is 36.2 Å². The van der Waals surface area contributed by atoms with Gasteiger partial charge >= 0.3 is 0 Å². The number of rotatable bonds is 8. The molecule has 3 rings (SSSR count). The molecule has 0 aromatic heterocycles. The molecule has 2 aromatic rings. The summed E-state index contributed by atoms with van der Waals surface area (Å²) < 4.78 is 24.6. The summed E-state index contributed by atoms with van der Waals surface area (Å²) in [5.41, 5.74) is 2.41. The lowest BCUT2D eigenvalue weighted by molar-refractivity contribution is 0.122. The first-order valence-corrected chi connectivity index (χ1v) is 10.5. The number of nitrogens with zero attached hydrogens (tertiary/aromatic N) is 2. The molecule has 31 heavy (non-hydrogen) atoms. The molecule has 6 nitrogen and oxygen atoms in total. The second-order valence-corrected chi connectivity index (χ2v) is 7.18. The number of hydrogen-bond donors (Lipinski definition) is 2. The molecule has 170 valence electrons. The Kier molecular flexibility index (Phi) is 10.9. The normalized spacial score (nSPS) is 15.1. The highest BCUT2D eigenvalue weighted by atomic mass is 127. The lowest BCUT2D eigenvalue weighted by Crippen LogP contribution is -2.42. The fraction of sp³-hybridized carbons (Fsp3) is 0.435. The molecule has 1 atom stereocenters. The monoisotopic (exact) mass is 542 g/mol. The second kappa shape index (κ2) is 13.4. The molecule has 1 saturated heterocycles. The second-order valence-electron chi connectivity index (χ2n) is 7.18. The lowest BCUT2D eigenvalue weighted by Gasteiger charge is -2.29. The molecule has 8 heteroatoms. The minimum Gasteiger partial charge on any atom is -0.489 e. The predicted molar refractivity (Wildman–Crippen MR) is 134 cm³/mol. The minimum absolute atomic E-state index is 0. The molecule has 2 N–H and O–H groups in total. The average molecular weight is 542 g/mol. The van der Waals surface area contributed by atoms with Crippen molar-refractivity contribution in [2.45, 2.75) is 26.0 Å². The van der Waals surface area contributed by atoms with E-state index in [9.17, 15) is 4.39 Å². The van der Waals surface area contributed by atoms with E-state index in [1.807, 2.05) is 6.92 Å². The maximum absolute atomic E-state index is 13.3. The van der Waals surface area contributed by atoms with Gasteiger partial charge in [0.25, 0.3) is 0 Å². The van der Waals surface area contributed by atoms with Gasteiger partial charge in [0.1, 0.15) is 17.7 Å². The van der Waals surface area contributed by atoms with Gasteiger partial charge in [0.2, 0.25) is 0 Å². The van der Waals surface area contributed by atoms with Crippen molar-refractivity contribution in [1.82, 2.24) is 10.6 Å². The van der Waals surface area contributed by atoms with Crippen LogP contribution in [-0.4, -0.2) is 52.0 Å². The van der Waals surface area contributed by atoms with Crippen LogP contribution >= 0.6 is 24.0 Å². The Morgan fingerprint density at radius 2 is 1.90 bits per heavy atom. The van der Waals surface area contributed by atoms with Gasteiger partial charge in [-0.25, -0.2) is 4.39 Å². The van der Waals surface area contributed by atoms with E-state index in [1.54, 1.807) is 19.2 Å². The number of benzene rings is 2. The van der Waals surface area contributed by atoms with E-state index in [4.69, 9.17) is 9.47 Å². The van der Waals surface area contributed by atoms with Crippen LogP contribution in [0.3, 0.4) is 0 Å². The standard InChI is InChI=1S/C23H31FN4O2.HI/c1-3-21(30-22-6-4-5-19(24)15-22)17-27-23(25-2)26-16-18-7-9-20(10-8-18)28-11-13-29-14-12-28;/h4-10,15,21H,3,11-14,16-17H2,1-2H3,(H2,25,26,27);1H. The van der Waals surface area contributed by atoms with Crippen molar-refractivity contribution in [1.29, 1.82) is 0 Å². The zero-order valence-corrected chi connectivity index (χ0v) is 20.5. The smallest absolute Gasteiger partial charge is 0.191 e. The summed E-state index contributed by atoms with van der Waals surface area (Å²) in [5, 5.41) is 6.61. The number of anilines is 1. The topological polar surface area (TPSA) is 58.1 Å². The van der Waals surface area contributed by atoms with Gasteiger partial charge in [0, 0.05) is 38.4 Å². The fourth-order valence-corrected chi connectivity index (χ4v) is 3.27. The van der Waals surface area contributed by atoms with Crippen LogP contribution in [-0.2, 0) is 11.3 Å². The highest BCUT2D eigenvalue weighted by Crippen LogP contribution is 2.17. The molecule has 0 radical (unpaired) electrons. The Hall–Kier alpha value is -2.07. The number of aliphatic imine (C=N–C) groups is 1. The third-order valence-electron chi connectivity index (χ3n) is 5.05. The molecule has 1 fully saturated rings. The van der Waals surface area contributed by atoms with Crippen LogP contribution in [0.5, 0.6) is 5.75 Å². The van der Waals surface area contributed by atoms with E-state index in [-0.39, 0.29) is 35.9 Å². The summed E-state index contributed by atoms with van der Waals surface area (Å²) in [5.74, 6) is 0.938.